The Morgan fingerprint density at radius 1 is 1.25 bits per heavy atom. The summed E-state index contributed by atoms with van der Waals surface area (Å²) in [6, 6.07) is 2.08. The first-order valence-electron chi connectivity index (χ1n) is 7.81. The number of piperidine rings is 1. The van der Waals surface area contributed by atoms with Gasteiger partial charge in [0.1, 0.15) is 10.6 Å². The van der Waals surface area contributed by atoms with Crippen LogP contribution in [0.25, 0.3) is 0 Å². The van der Waals surface area contributed by atoms with E-state index in [2.05, 4.69) is 15.1 Å². The zero-order valence-electron chi connectivity index (χ0n) is 13.7. The number of aromatic nitrogens is 3. The molecule has 130 valence electrons. The number of hydrogen-bond acceptors (Lipinski definition) is 7. The van der Waals surface area contributed by atoms with Crippen LogP contribution in [-0.2, 0) is 10.0 Å². The van der Waals surface area contributed by atoms with Gasteiger partial charge in [-0.05, 0) is 38.7 Å². The Morgan fingerprint density at radius 2 is 1.92 bits per heavy atom. The second-order valence-electron chi connectivity index (χ2n) is 5.84. The maximum atomic E-state index is 12.8. The number of aryl methyl sites for hydroxylation is 2. The van der Waals surface area contributed by atoms with Crippen molar-refractivity contribution in [1.82, 2.24) is 19.4 Å². The fourth-order valence-electron chi connectivity index (χ4n) is 2.84. The highest BCUT2D eigenvalue weighted by Gasteiger charge is 2.33. The van der Waals surface area contributed by atoms with Crippen molar-refractivity contribution in [2.45, 2.75) is 31.6 Å². The molecule has 2 aromatic heterocycles. The largest absolute Gasteiger partial charge is 0.463 e. The third kappa shape index (κ3) is 3.41. The molecule has 0 unspecified atom stereocenters. The molecule has 1 aliphatic rings. The smallest absolute Gasteiger partial charge is 0.316 e. The molecule has 24 heavy (non-hydrogen) atoms. The summed E-state index contributed by atoms with van der Waals surface area (Å²) in [6.45, 7) is 4.66. The van der Waals surface area contributed by atoms with Crippen molar-refractivity contribution in [3.8, 4) is 6.01 Å². The molecule has 3 heterocycles. The van der Waals surface area contributed by atoms with Crippen LogP contribution in [-0.4, -0.2) is 47.5 Å². The number of nitrogens with zero attached hydrogens (tertiary/aromatic N) is 4. The van der Waals surface area contributed by atoms with Crippen LogP contribution in [0.15, 0.2) is 27.9 Å². The van der Waals surface area contributed by atoms with E-state index in [4.69, 9.17) is 9.26 Å². The van der Waals surface area contributed by atoms with E-state index in [-0.39, 0.29) is 10.8 Å². The van der Waals surface area contributed by atoms with Gasteiger partial charge in [0, 0.05) is 25.5 Å². The van der Waals surface area contributed by atoms with E-state index in [1.807, 2.05) is 0 Å². The highest BCUT2D eigenvalue weighted by atomic mass is 32.2. The fourth-order valence-corrected chi connectivity index (χ4v) is 4.60. The van der Waals surface area contributed by atoms with Gasteiger partial charge >= 0.3 is 6.01 Å². The van der Waals surface area contributed by atoms with Gasteiger partial charge in [0.15, 0.2) is 5.76 Å². The summed E-state index contributed by atoms with van der Waals surface area (Å²) in [5, 5.41) is 3.74. The van der Waals surface area contributed by atoms with Crippen molar-refractivity contribution < 1.29 is 17.7 Å². The molecule has 9 heteroatoms. The van der Waals surface area contributed by atoms with Crippen LogP contribution >= 0.6 is 0 Å². The van der Waals surface area contributed by atoms with Crippen LogP contribution in [0.3, 0.4) is 0 Å². The Labute approximate surface area is 140 Å². The molecule has 0 spiro atoms. The molecule has 0 atom stereocenters. The molecule has 2 aromatic rings. The molecule has 1 fully saturated rings. The Hall–Kier alpha value is -2.00. The molecular weight excluding hydrogens is 332 g/mol. The predicted octanol–water partition coefficient (Wildman–Crippen LogP) is 1.56. The minimum atomic E-state index is -3.56. The van der Waals surface area contributed by atoms with Crippen molar-refractivity contribution in [2.24, 2.45) is 5.92 Å². The summed E-state index contributed by atoms with van der Waals surface area (Å²) in [5.74, 6) is 0.615. The SMILES string of the molecule is Cc1noc(C)c1S(=O)(=O)N1CCC(COc2ncccn2)CC1. The standard InChI is InChI=1S/C15H20N4O4S/c1-11-14(12(2)23-18-11)24(20,21)19-8-4-13(5-9-19)10-22-15-16-6-3-7-17-15/h3,6-7,13H,4-5,8-10H2,1-2H3. The van der Waals surface area contributed by atoms with Gasteiger partial charge in [0.05, 0.1) is 6.61 Å². The molecule has 1 aliphatic heterocycles. The minimum absolute atomic E-state index is 0.190. The molecule has 8 nitrogen and oxygen atoms in total. The molecule has 0 amide bonds. The molecule has 0 radical (unpaired) electrons. The van der Waals surface area contributed by atoms with Crippen molar-refractivity contribution >= 4 is 10.0 Å². The lowest BCUT2D eigenvalue weighted by atomic mass is 9.99. The first-order valence-corrected chi connectivity index (χ1v) is 9.25. The maximum absolute atomic E-state index is 12.8. The van der Waals surface area contributed by atoms with Crippen LogP contribution in [0.5, 0.6) is 6.01 Å². The quantitative estimate of drug-likeness (QED) is 0.805. The molecule has 0 bridgehead atoms. The van der Waals surface area contributed by atoms with Crippen LogP contribution < -0.4 is 4.74 Å². The van der Waals surface area contributed by atoms with Gasteiger partial charge in [0.25, 0.3) is 0 Å². The minimum Gasteiger partial charge on any atom is -0.463 e. The third-order valence-corrected chi connectivity index (χ3v) is 6.27. The van der Waals surface area contributed by atoms with Crippen molar-refractivity contribution in [3.05, 3.63) is 29.9 Å². The fraction of sp³-hybridized carbons (Fsp3) is 0.533. The van der Waals surface area contributed by atoms with E-state index >= 15 is 0 Å². The zero-order valence-corrected chi connectivity index (χ0v) is 14.5. The van der Waals surface area contributed by atoms with E-state index in [1.165, 1.54) is 4.31 Å². The number of sulfonamides is 1. The molecule has 3 rings (SSSR count). The second kappa shape index (κ2) is 6.86. The van der Waals surface area contributed by atoms with Crippen molar-refractivity contribution in [3.63, 3.8) is 0 Å². The van der Waals surface area contributed by atoms with Gasteiger partial charge in [-0.25, -0.2) is 18.4 Å². The van der Waals surface area contributed by atoms with Crippen LogP contribution in [0.1, 0.15) is 24.3 Å². The van der Waals surface area contributed by atoms with Crippen LogP contribution in [0, 0.1) is 19.8 Å². The second-order valence-corrected chi connectivity index (χ2v) is 7.72. The Morgan fingerprint density at radius 3 is 2.50 bits per heavy atom. The van der Waals surface area contributed by atoms with Crippen LogP contribution in [0.2, 0.25) is 0 Å². The third-order valence-electron chi connectivity index (χ3n) is 4.13. The average Bonchev–Trinajstić information content (AvgIpc) is 2.93. The van der Waals surface area contributed by atoms with E-state index in [1.54, 1.807) is 32.3 Å². The van der Waals surface area contributed by atoms with Gasteiger partial charge < -0.3 is 9.26 Å². The topological polar surface area (TPSA) is 98.4 Å². The summed E-state index contributed by atoms with van der Waals surface area (Å²) in [4.78, 5) is 8.22. The summed E-state index contributed by atoms with van der Waals surface area (Å²) >= 11 is 0. The molecule has 0 N–H and O–H groups in total. The van der Waals surface area contributed by atoms with Gasteiger partial charge in [-0.3, -0.25) is 0 Å². The molecular formula is C15H20N4O4S. The molecule has 1 saturated heterocycles. The van der Waals surface area contributed by atoms with E-state index in [0.717, 1.165) is 12.8 Å². The van der Waals surface area contributed by atoms with Gasteiger partial charge in [-0.2, -0.15) is 4.31 Å². The van der Waals surface area contributed by atoms with Gasteiger partial charge in [-0.1, -0.05) is 5.16 Å². The molecule has 0 aliphatic carbocycles. The van der Waals surface area contributed by atoms with E-state index < -0.39 is 10.0 Å². The average molecular weight is 352 g/mol. The lowest BCUT2D eigenvalue weighted by molar-refractivity contribution is 0.176. The van der Waals surface area contributed by atoms with Gasteiger partial charge in [-0.15, -0.1) is 0 Å². The maximum Gasteiger partial charge on any atom is 0.316 e. The highest BCUT2D eigenvalue weighted by molar-refractivity contribution is 7.89. The molecule has 0 saturated carbocycles. The predicted molar refractivity (Wildman–Crippen MR) is 85.0 cm³/mol. The summed E-state index contributed by atoms with van der Waals surface area (Å²) in [7, 11) is -3.56. The monoisotopic (exact) mass is 352 g/mol. The Kier molecular flexibility index (Phi) is 4.81. The van der Waals surface area contributed by atoms with Crippen LogP contribution in [0.4, 0.5) is 0 Å². The summed E-state index contributed by atoms with van der Waals surface area (Å²) < 4.78 is 37.5. The van der Waals surface area contributed by atoms with Crippen molar-refractivity contribution in [2.75, 3.05) is 19.7 Å². The number of rotatable bonds is 5. The number of hydrogen-bond donors (Lipinski definition) is 0. The first-order chi connectivity index (χ1) is 11.5. The Bertz CT molecular complexity index is 764. The van der Waals surface area contributed by atoms with E-state index in [9.17, 15) is 8.42 Å². The normalized spacial score (nSPS) is 17.1. The van der Waals surface area contributed by atoms with E-state index in [0.29, 0.717) is 37.2 Å². The Balaban J connectivity index is 1.59. The number of ether oxygens (including phenoxy) is 1. The van der Waals surface area contributed by atoms with Crippen molar-refractivity contribution in [1.29, 1.82) is 0 Å². The first kappa shape index (κ1) is 16.8. The zero-order chi connectivity index (χ0) is 17.2. The summed E-state index contributed by atoms with van der Waals surface area (Å²) in [6.07, 6.45) is 4.72. The highest BCUT2D eigenvalue weighted by Crippen LogP contribution is 2.27. The lowest BCUT2D eigenvalue weighted by Gasteiger charge is -2.30. The lowest BCUT2D eigenvalue weighted by Crippen LogP contribution is -2.40. The van der Waals surface area contributed by atoms with Gasteiger partial charge in [0.2, 0.25) is 10.0 Å². The molecule has 0 aromatic carbocycles. The summed E-state index contributed by atoms with van der Waals surface area (Å²) in [5.41, 5.74) is 0.402.